The van der Waals surface area contributed by atoms with Crippen molar-refractivity contribution in [2.24, 2.45) is 0 Å². The zero-order valence-electron chi connectivity index (χ0n) is 13.2. The van der Waals surface area contributed by atoms with Gasteiger partial charge in [-0.15, -0.1) is 11.3 Å². The number of nitrogens with zero attached hydrogens (tertiary/aromatic N) is 2. The highest BCUT2D eigenvalue weighted by Crippen LogP contribution is 2.21. The largest absolute Gasteiger partial charge is 0.462 e. The molecule has 0 unspecified atom stereocenters. The Balaban J connectivity index is 1.97. The maximum atomic E-state index is 12.7. The Labute approximate surface area is 151 Å². The van der Waals surface area contributed by atoms with Gasteiger partial charge >= 0.3 is 5.97 Å². The first-order valence-electron chi connectivity index (χ1n) is 7.43. The molecule has 0 atom stereocenters. The number of aromatic nitrogens is 2. The number of halogens is 1. The molecule has 128 valence electrons. The van der Waals surface area contributed by atoms with Crippen LogP contribution in [-0.4, -0.2) is 27.9 Å². The van der Waals surface area contributed by atoms with Crippen molar-refractivity contribution >= 4 is 44.9 Å². The van der Waals surface area contributed by atoms with Crippen LogP contribution in [0.5, 0.6) is 0 Å². The molecule has 0 bridgehead atoms. The summed E-state index contributed by atoms with van der Waals surface area (Å²) in [5.41, 5.74) is 0.164. The number of ether oxygens (including phenoxy) is 1. The summed E-state index contributed by atoms with van der Waals surface area (Å²) in [5.74, 6) is -0.831. The first-order chi connectivity index (χ1) is 12.0. The van der Waals surface area contributed by atoms with Gasteiger partial charge in [0.1, 0.15) is 4.83 Å². The average molecular weight is 377 g/mol. The predicted molar refractivity (Wildman–Crippen MR) is 95.6 cm³/mol. The number of rotatable bonds is 5. The van der Waals surface area contributed by atoms with Crippen LogP contribution in [0.1, 0.15) is 27.6 Å². The number of benzene rings is 1. The van der Waals surface area contributed by atoms with Gasteiger partial charge < -0.3 is 4.74 Å². The van der Waals surface area contributed by atoms with Crippen molar-refractivity contribution in [2.45, 2.75) is 13.5 Å². The van der Waals surface area contributed by atoms with E-state index in [4.69, 9.17) is 16.3 Å². The molecule has 25 heavy (non-hydrogen) atoms. The smallest absolute Gasteiger partial charge is 0.339 e. The van der Waals surface area contributed by atoms with Gasteiger partial charge in [-0.3, -0.25) is 14.2 Å². The van der Waals surface area contributed by atoms with Crippen LogP contribution in [0.15, 0.2) is 40.8 Å². The number of carbonyl (C=O) groups excluding carboxylic acids is 2. The lowest BCUT2D eigenvalue weighted by Crippen LogP contribution is -2.25. The molecule has 8 heteroatoms. The molecule has 0 saturated heterocycles. The molecule has 0 spiro atoms. The first-order valence-corrected chi connectivity index (χ1v) is 8.69. The molecule has 0 aliphatic carbocycles. The molecule has 0 amide bonds. The van der Waals surface area contributed by atoms with Crippen LogP contribution in [0.3, 0.4) is 0 Å². The van der Waals surface area contributed by atoms with E-state index < -0.39 is 11.5 Å². The molecule has 0 N–H and O–H groups in total. The van der Waals surface area contributed by atoms with E-state index in [-0.39, 0.29) is 29.9 Å². The molecule has 2 aromatic heterocycles. The van der Waals surface area contributed by atoms with Crippen LogP contribution in [0.4, 0.5) is 0 Å². The fourth-order valence-electron chi connectivity index (χ4n) is 2.32. The second kappa shape index (κ2) is 7.16. The molecule has 1 aromatic carbocycles. The molecule has 0 radical (unpaired) electrons. The fraction of sp³-hybridized carbons (Fsp3) is 0.176. The summed E-state index contributed by atoms with van der Waals surface area (Å²) in [5, 5.41) is 2.24. The molecule has 0 fully saturated rings. The SMILES string of the molecule is CCOC(=O)c1csc2ncn(CC(=O)c3ccc(Cl)cc3)c(=O)c12. The molecule has 6 nitrogen and oxygen atoms in total. The van der Waals surface area contributed by atoms with Crippen molar-refractivity contribution in [1.82, 2.24) is 9.55 Å². The van der Waals surface area contributed by atoms with E-state index in [9.17, 15) is 14.4 Å². The summed E-state index contributed by atoms with van der Waals surface area (Å²) < 4.78 is 6.15. The number of esters is 1. The highest BCUT2D eigenvalue weighted by atomic mass is 35.5. The Morgan fingerprint density at radius 2 is 2.00 bits per heavy atom. The third-order valence-electron chi connectivity index (χ3n) is 3.54. The minimum absolute atomic E-state index is 0.174. The summed E-state index contributed by atoms with van der Waals surface area (Å²) in [7, 11) is 0. The Morgan fingerprint density at radius 3 is 2.68 bits per heavy atom. The number of fused-ring (bicyclic) bond motifs is 1. The van der Waals surface area contributed by atoms with Gasteiger partial charge in [0, 0.05) is 16.0 Å². The number of thiophene rings is 1. The second-order valence-corrected chi connectivity index (χ2v) is 6.45. The van der Waals surface area contributed by atoms with Gasteiger partial charge in [0.05, 0.1) is 30.4 Å². The molecule has 0 aliphatic rings. The molecule has 3 aromatic rings. The monoisotopic (exact) mass is 376 g/mol. The van der Waals surface area contributed by atoms with Crippen LogP contribution < -0.4 is 5.56 Å². The summed E-state index contributed by atoms with van der Waals surface area (Å²) in [4.78, 5) is 41.6. The van der Waals surface area contributed by atoms with Crippen molar-refractivity contribution in [3.8, 4) is 0 Å². The second-order valence-electron chi connectivity index (χ2n) is 5.16. The summed E-state index contributed by atoms with van der Waals surface area (Å²) in [6.07, 6.45) is 1.31. The van der Waals surface area contributed by atoms with Crippen molar-refractivity contribution in [2.75, 3.05) is 6.61 Å². The van der Waals surface area contributed by atoms with E-state index >= 15 is 0 Å². The minimum Gasteiger partial charge on any atom is -0.462 e. The van der Waals surface area contributed by atoms with E-state index in [1.54, 1.807) is 36.6 Å². The van der Waals surface area contributed by atoms with Crippen molar-refractivity contribution in [3.05, 3.63) is 62.5 Å². The van der Waals surface area contributed by atoms with Gasteiger partial charge in [-0.2, -0.15) is 0 Å². The quantitative estimate of drug-likeness (QED) is 0.505. The van der Waals surface area contributed by atoms with E-state index in [0.717, 1.165) is 0 Å². The zero-order chi connectivity index (χ0) is 18.0. The van der Waals surface area contributed by atoms with Crippen molar-refractivity contribution in [1.29, 1.82) is 0 Å². The van der Waals surface area contributed by atoms with Crippen LogP contribution >= 0.6 is 22.9 Å². The minimum atomic E-state index is -0.575. The molecular weight excluding hydrogens is 364 g/mol. The predicted octanol–water partition coefficient (Wildman–Crippen LogP) is 3.17. The van der Waals surface area contributed by atoms with E-state index in [2.05, 4.69) is 4.98 Å². The van der Waals surface area contributed by atoms with E-state index in [0.29, 0.717) is 15.4 Å². The molecular formula is C17H13ClN2O4S. The normalized spacial score (nSPS) is 10.8. The summed E-state index contributed by atoms with van der Waals surface area (Å²) in [6, 6.07) is 6.40. The number of Topliss-reactive ketones (excluding diaryl/α,β-unsaturated/α-hetero) is 1. The van der Waals surface area contributed by atoms with Gasteiger partial charge in [0.2, 0.25) is 0 Å². The standard InChI is InChI=1S/C17H13ClN2O4S/c1-2-24-17(23)12-8-25-15-14(12)16(22)20(9-19-15)7-13(21)10-3-5-11(18)6-4-10/h3-6,8-9H,2,7H2,1H3. The van der Waals surface area contributed by atoms with Gasteiger partial charge in [0.15, 0.2) is 5.78 Å². The highest BCUT2D eigenvalue weighted by Gasteiger charge is 2.19. The molecule has 3 rings (SSSR count). The Hall–Kier alpha value is -2.51. The molecule has 2 heterocycles. The Morgan fingerprint density at radius 1 is 1.28 bits per heavy atom. The van der Waals surface area contributed by atoms with Gasteiger partial charge in [-0.1, -0.05) is 11.6 Å². The Kier molecular flexibility index (Phi) is 4.96. The van der Waals surface area contributed by atoms with Crippen molar-refractivity contribution in [3.63, 3.8) is 0 Å². The number of carbonyl (C=O) groups is 2. The molecule has 0 aliphatic heterocycles. The lowest BCUT2D eigenvalue weighted by atomic mass is 10.1. The van der Waals surface area contributed by atoms with Gasteiger partial charge in [-0.25, -0.2) is 9.78 Å². The van der Waals surface area contributed by atoms with Crippen LogP contribution in [0, 0.1) is 0 Å². The maximum Gasteiger partial charge on any atom is 0.339 e. The van der Waals surface area contributed by atoms with E-state index in [1.807, 2.05) is 0 Å². The van der Waals surface area contributed by atoms with Crippen LogP contribution in [-0.2, 0) is 11.3 Å². The van der Waals surface area contributed by atoms with Crippen LogP contribution in [0.2, 0.25) is 5.02 Å². The third kappa shape index (κ3) is 3.47. The topological polar surface area (TPSA) is 78.3 Å². The fourth-order valence-corrected chi connectivity index (χ4v) is 3.31. The highest BCUT2D eigenvalue weighted by molar-refractivity contribution is 7.17. The number of ketones is 1. The zero-order valence-corrected chi connectivity index (χ0v) is 14.8. The summed E-state index contributed by atoms with van der Waals surface area (Å²) >= 11 is 6.99. The summed E-state index contributed by atoms with van der Waals surface area (Å²) in [6.45, 7) is 1.72. The number of hydrogen-bond donors (Lipinski definition) is 0. The molecule has 0 saturated carbocycles. The lowest BCUT2D eigenvalue weighted by Gasteiger charge is -2.06. The average Bonchev–Trinajstić information content (AvgIpc) is 3.03. The lowest BCUT2D eigenvalue weighted by molar-refractivity contribution is 0.0529. The van der Waals surface area contributed by atoms with E-state index in [1.165, 1.54) is 22.2 Å². The Bertz CT molecular complexity index is 1010. The van der Waals surface area contributed by atoms with Crippen LogP contribution in [0.25, 0.3) is 10.2 Å². The first kappa shape index (κ1) is 17.3. The van der Waals surface area contributed by atoms with Gasteiger partial charge in [0.25, 0.3) is 5.56 Å². The van der Waals surface area contributed by atoms with Crippen molar-refractivity contribution < 1.29 is 14.3 Å². The number of hydrogen-bond acceptors (Lipinski definition) is 6. The van der Waals surface area contributed by atoms with Gasteiger partial charge in [-0.05, 0) is 31.2 Å². The maximum absolute atomic E-state index is 12.7. The third-order valence-corrected chi connectivity index (χ3v) is 4.67.